The molecule has 0 amide bonds. The van der Waals surface area contributed by atoms with Crippen molar-refractivity contribution in [1.82, 2.24) is 25.2 Å². The third-order valence-corrected chi connectivity index (χ3v) is 8.54. The second kappa shape index (κ2) is 12.8. The van der Waals surface area contributed by atoms with Crippen molar-refractivity contribution in [3.8, 4) is 5.88 Å². The second-order valence-corrected chi connectivity index (χ2v) is 11.9. The Morgan fingerprint density at radius 1 is 1.02 bits per heavy atom. The highest BCUT2D eigenvalue weighted by atomic mass is 19.1. The fraction of sp³-hybridized carbons (Fsp3) is 0.314. The Balaban J connectivity index is 1.11. The van der Waals surface area contributed by atoms with E-state index >= 15 is 0 Å². The summed E-state index contributed by atoms with van der Waals surface area (Å²) < 4.78 is 25.2. The number of amidine groups is 1. The molecule has 0 saturated carbocycles. The number of hydrogen-bond donors (Lipinski definition) is 2. The molecule has 2 aromatic heterocycles. The van der Waals surface area contributed by atoms with Gasteiger partial charge in [0.15, 0.2) is 11.5 Å². The molecule has 236 valence electrons. The number of nitrogens with one attached hydrogen (secondary N) is 2. The van der Waals surface area contributed by atoms with Crippen LogP contribution in [0.2, 0.25) is 0 Å². The molecule has 46 heavy (non-hydrogen) atoms. The quantitative estimate of drug-likeness (QED) is 0.282. The van der Waals surface area contributed by atoms with Crippen molar-refractivity contribution >= 4 is 23.3 Å². The van der Waals surface area contributed by atoms with E-state index < -0.39 is 11.5 Å². The highest BCUT2D eigenvalue weighted by molar-refractivity contribution is 6.00. The van der Waals surface area contributed by atoms with Crippen molar-refractivity contribution in [1.29, 1.82) is 0 Å². The van der Waals surface area contributed by atoms with E-state index in [2.05, 4.69) is 61.4 Å². The number of hydrogen-bond acceptors (Lipinski definition) is 10. The Morgan fingerprint density at radius 2 is 1.83 bits per heavy atom. The molecule has 4 aromatic rings. The van der Waals surface area contributed by atoms with E-state index in [1.807, 2.05) is 60.7 Å². The van der Waals surface area contributed by atoms with Crippen LogP contribution in [0.3, 0.4) is 0 Å². The number of benzene rings is 2. The SMILES string of the molecule is C[C@H]1COCCN1C1=NC(C)(c2ccc(Nc3cccc(OCc4ccccc4)n3)cc2)NC2=C1CCN(c1ncc(F)cn1)C2. The van der Waals surface area contributed by atoms with Crippen LogP contribution in [0.5, 0.6) is 5.88 Å². The van der Waals surface area contributed by atoms with Gasteiger partial charge < -0.3 is 29.9 Å². The summed E-state index contributed by atoms with van der Waals surface area (Å²) in [5, 5.41) is 7.16. The zero-order valence-electron chi connectivity index (χ0n) is 26.0. The largest absolute Gasteiger partial charge is 0.473 e. The van der Waals surface area contributed by atoms with Crippen molar-refractivity contribution in [2.45, 2.75) is 38.6 Å². The minimum Gasteiger partial charge on any atom is -0.473 e. The Morgan fingerprint density at radius 3 is 2.61 bits per heavy atom. The molecule has 1 fully saturated rings. The molecule has 0 aliphatic carbocycles. The number of pyridine rings is 1. The van der Waals surface area contributed by atoms with E-state index in [0.29, 0.717) is 50.6 Å². The van der Waals surface area contributed by atoms with Gasteiger partial charge in [-0.15, -0.1) is 0 Å². The van der Waals surface area contributed by atoms with Crippen molar-refractivity contribution in [2.24, 2.45) is 4.99 Å². The number of morpholine rings is 1. The monoisotopic (exact) mass is 620 g/mol. The maximum atomic E-state index is 13.6. The number of rotatable bonds is 7. The summed E-state index contributed by atoms with van der Waals surface area (Å²) in [5.41, 5.74) is 4.56. The smallest absolute Gasteiger partial charge is 0.225 e. The number of aromatic nitrogens is 3. The Labute approximate surface area is 268 Å². The van der Waals surface area contributed by atoms with Crippen LogP contribution >= 0.6 is 0 Å². The summed E-state index contributed by atoms with van der Waals surface area (Å²) in [6, 6.07) is 24.2. The highest BCUT2D eigenvalue weighted by Crippen LogP contribution is 2.35. The van der Waals surface area contributed by atoms with Gasteiger partial charge in [0.1, 0.15) is 18.3 Å². The van der Waals surface area contributed by atoms with Crippen LogP contribution < -0.4 is 20.3 Å². The zero-order chi connectivity index (χ0) is 31.5. The zero-order valence-corrected chi connectivity index (χ0v) is 26.0. The molecule has 5 heterocycles. The van der Waals surface area contributed by atoms with Gasteiger partial charge in [-0.25, -0.2) is 19.4 Å². The number of ether oxygens (including phenoxy) is 2. The van der Waals surface area contributed by atoms with Gasteiger partial charge in [-0.3, -0.25) is 0 Å². The molecule has 10 nitrogen and oxygen atoms in total. The molecule has 2 N–H and O–H groups in total. The molecule has 3 aliphatic heterocycles. The van der Waals surface area contributed by atoms with Crippen molar-refractivity contribution < 1.29 is 13.9 Å². The minimum atomic E-state index is -0.721. The first-order chi connectivity index (χ1) is 22.4. The van der Waals surface area contributed by atoms with Crippen LogP contribution in [0.15, 0.2) is 101 Å². The lowest BCUT2D eigenvalue weighted by Gasteiger charge is -2.45. The fourth-order valence-corrected chi connectivity index (χ4v) is 6.10. The van der Waals surface area contributed by atoms with E-state index in [4.69, 9.17) is 14.5 Å². The maximum absolute atomic E-state index is 13.6. The standard InChI is InChI=1S/C35H37FN8O2/c1-24-22-45-18-17-44(24)33-29-15-16-43(34-37-19-27(36)20-38-34)21-30(29)41-35(2,42-33)26-11-13-28(14-12-26)39-31-9-6-10-32(40-31)46-23-25-7-4-3-5-8-25/h3-14,19-20,24,41H,15-18,21-23H2,1-2H3,(H,39,40)/t24-,35?/m0/s1. The van der Waals surface area contributed by atoms with Gasteiger partial charge in [0, 0.05) is 36.1 Å². The van der Waals surface area contributed by atoms with Crippen LogP contribution in [-0.4, -0.2) is 64.6 Å². The Kier molecular flexibility index (Phi) is 8.23. The third-order valence-electron chi connectivity index (χ3n) is 8.54. The molecule has 11 heteroatoms. The lowest BCUT2D eigenvalue weighted by atomic mass is 9.93. The van der Waals surface area contributed by atoms with Crippen molar-refractivity contribution in [2.75, 3.05) is 43.1 Å². The van der Waals surface area contributed by atoms with Crippen LogP contribution in [-0.2, 0) is 17.0 Å². The van der Waals surface area contributed by atoms with Crippen LogP contribution in [0.4, 0.5) is 21.8 Å². The Bertz CT molecular complexity index is 1730. The molecule has 1 unspecified atom stereocenters. The number of halogens is 1. The molecule has 2 aromatic carbocycles. The predicted octanol–water partition coefficient (Wildman–Crippen LogP) is 5.39. The van der Waals surface area contributed by atoms with Crippen LogP contribution in [0, 0.1) is 5.82 Å². The maximum Gasteiger partial charge on any atom is 0.225 e. The average Bonchev–Trinajstić information content (AvgIpc) is 3.08. The molecule has 1 saturated heterocycles. The first kappa shape index (κ1) is 29.7. The molecule has 0 radical (unpaired) electrons. The summed E-state index contributed by atoms with van der Waals surface area (Å²) in [7, 11) is 0. The van der Waals surface area contributed by atoms with Crippen LogP contribution in [0.1, 0.15) is 31.4 Å². The van der Waals surface area contributed by atoms with E-state index in [0.717, 1.165) is 41.3 Å². The number of aliphatic imine (C=N–C) groups is 1. The molecule has 3 aliphatic rings. The van der Waals surface area contributed by atoms with Crippen molar-refractivity contribution in [3.05, 3.63) is 113 Å². The van der Waals surface area contributed by atoms with E-state index in [1.165, 1.54) is 18.0 Å². The highest BCUT2D eigenvalue weighted by Gasteiger charge is 2.39. The topological polar surface area (TPSA) is 100 Å². The molecule has 0 spiro atoms. The van der Waals surface area contributed by atoms with Crippen molar-refractivity contribution in [3.63, 3.8) is 0 Å². The molecule has 0 bridgehead atoms. The molecule has 7 rings (SSSR count). The third kappa shape index (κ3) is 6.36. The van der Waals surface area contributed by atoms with Gasteiger partial charge in [-0.1, -0.05) is 48.5 Å². The second-order valence-electron chi connectivity index (χ2n) is 11.9. The summed E-state index contributed by atoms with van der Waals surface area (Å²) in [5.74, 6) is 2.32. The van der Waals surface area contributed by atoms with Gasteiger partial charge in [0.2, 0.25) is 11.8 Å². The lowest BCUT2D eigenvalue weighted by molar-refractivity contribution is 0.0325. The van der Waals surface area contributed by atoms with Gasteiger partial charge >= 0.3 is 0 Å². The van der Waals surface area contributed by atoms with E-state index in [-0.39, 0.29) is 6.04 Å². The van der Waals surface area contributed by atoms with Gasteiger partial charge in [-0.05, 0) is 49.6 Å². The Hall–Kier alpha value is -5.03. The van der Waals surface area contributed by atoms with Gasteiger partial charge in [0.25, 0.3) is 0 Å². The molecule has 2 atom stereocenters. The first-order valence-electron chi connectivity index (χ1n) is 15.6. The molecular formula is C35H37FN8O2. The number of nitrogens with zero attached hydrogens (tertiary/aromatic N) is 6. The lowest BCUT2D eigenvalue weighted by Crippen LogP contribution is -2.55. The van der Waals surface area contributed by atoms with Gasteiger partial charge in [0.05, 0.1) is 38.2 Å². The number of anilines is 3. The van der Waals surface area contributed by atoms with E-state index in [9.17, 15) is 4.39 Å². The summed E-state index contributed by atoms with van der Waals surface area (Å²) in [6.07, 6.45) is 3.20. The molecular weight excluding hydrogens is 583 g/mol. The summed E-state index contributed by atoms with van der Waals surface area (Å²) in [4.78, 5) is 23.0. The predicted molar refractivity (Wildman–Crippen MR) is 175 cm³/mol. The average molecular weight is 621 g/mol. The van der Waals surface area contributed by atoms with Gasteiger partial charge in [-0.2, -0.15) is 4.98 Å². The minimum absolute atomic E-state index is 0.202. The fourth-order valence-electron chi connectivity index (χ4n) is 6.10. The normalized spacial score (nSPS) is 21.3. The summed E-state index contributed by atoms with van der Waals surface area (Å²) in [6.45, 7) is 8.13. The first-order valence-corrected chi connectivity index (χ1v) is 15.6. The van der Waals surface area contributed by atoms with E-state index in [1.54, 1.807) is 0 Å². The summed E-state index contributed by atoms with van der Waals surface area (Å²) >= 11 is 0. The van der Waals surface area contributed by atoms with Crippen LogP contribution in [0.25, 0.3) is 0 Å².